The van der Waals surface area contributed by atoms with Crippen molar-refractivity contribution in [3.05, 3.63) is 60.8 Å². The number of unbranched alkanes of at least 4 members (excludes halogenated alkanes) is 21. The molecule has 0 rings (SSSR count). The van der Waals surface area contributed by atoms with Crippen LogP contribution < -0.4 is 0 Å². The predicted molar refractivity (Wildman–Crippen MR) is 242 cm³/mol. The topological polar surface area (TPSA) is 78.9 Å². The van der Waals surface area contributed by atoms with Gasteiger partial charge in [-0.25, -0.2) is 0 Å². The molecule has 0 aromatic heterocycles. The lowest BCUT2D eigenvalue weighted by atomic mass is 10.1. The molecule has 0 aromatic rings. The van der Waals surface area contributed by atoms with Gasteiger partial charge in [0, 0.05) is 19.3 Å². The van der Waals surface area contributed by atoms with E-state index in [0.29, 0.717) is 25.7 Å². The van der Waals surface area contributed by atoms with Crippen molar-refractivity contribution in [2.75, 3.05) is 13.2 Å². The number of hydrogen-bond donors (Lipinski definition) is 0. The number of esters is 3. The van der Waals surface area contributed by atoms with Crippen LogP contribution in [0.5, 0.6) is 0 Å². The summed E-state index contributed by atoms with van der Waals surface area (Å²) in [7, 11) is 0. The summed E-state index contributed by atoms with van der Waals surface area (Å²) in [5, 5.41) is 0. The summed E-state index contributed by atoms with van der Waals surface area (Å²) in [5.41, 5.74) is 0. The number of carbonyl (C=O) groups is 3. The molecule has 1 unspecified atom stereocenters. The molecule has 57 heavy (non-hydrogen) atoms. The van der Waals surface area contributed by atoms with Gasteiger partial charge in [-0.2, -0.15) is 0 Å². The molecule has 0 saturated heterocycles. The highest BCUT2D eigenvalue weighted by molar-refractivity contribution is 5.71. The normalized spacial score (nSPS) is 12.5. The van der Waals surface area contributed by atoms with Gasteiger partial charge in [0.25, 0.3) is 0 Å². The Labute approximate surface area is 351 Å². The first-order valence-electron chi connectivity index (χ1n) is 23.8. The molecule has 0 heterocycles. The van der Waals surface area contributed by atoms with Crippen molar-refractivity contribution < 1.29 is 28.6 Å². The van der Waals surface area contributed by atoms with Crippen molar-refractivity contribution >= 4 is 17.9 Å². The van der Waals surface area contributed by atoms with Crippen LogP contribution in [0.1, 0.15) is 226 Å². The van der Waals surface area contributed by atoms with Crippen LogP contribution in [0.3, 0.4) is 0 Å². The number of ether oxygens (including phenoxy) is 3. The van der Waals surface area contributed by atoms with E-state index in [4.69, 9.17) is 14.2 Å². The lowest BCUT2D eigenvalue weighted by Crippen LogP contribution is -2.30. The lowest BCUT2D eigenvalue weighted by molar-refractivity contribution is -0.166. The molecule has 0 aliphatic rings. The summed E-state index contributed by atoms with van der Waals surface area (Å²) in [6, 6.07) is 0. The van der Waals surface area contributed by atoms with E-state index in [-0.39, 0.29) is 37.5 Å². The molecule has 0 aromatic carbocycles. The molecular weight excluding hydrogens is 709 g/mol. The Morgan fingerprint density at radius 3 is 1.18 bits per heavy atom. The summed E-state index contributed by atoms with van der Waals surface area (Å²) in [5.74, 6) is -1.02. The third kappa shape index (κ3) is 44.1. The second kappa shape index (κ2) is 45.8. The van der Waals surface area contributed by atoms with Crippen LogP contribution in [0, 0.1) is 0 Å². The van der Waals surface area contributed by atoms with E-state index in [1.165, 1.54) is 116 Å². The number of allylic oxidation sites excluding steroid dienone is 10. The summed E-state index contributed by atoms with van der Waals surface area (Å²) in [6.45, 7) is 6.47. The van der Waals surface area contributed by atoms with E-state index in [1.807, 2.05) is 6.08 Å². The van der Waals surface area contributed by atoms with E-state index >= 15 is 0 Å². The van der Waals surface area contributed by atoms with Gasteiger partial charge in [-0.15, -0.1) is 0 Å². The Balaban J connectivity index is 4.43. The molecule has 0 N–H and O–H groups in total. The number of hydrogen-bond acceptors (Lipinski definition) is 6. The Hall–Kier alpha value is -2.89. The second-order valence-corrected chi connectivity index (χ2v) is 15.7. The maximum atomic E-state index is 12.7. The minimum absolute atomic E-state index is 0.110. The summed E-state index contributed by atoms with van der Waals surface area (Å²) < 4.78 is 16.6. The van der Waals surface area contributed by atoms with Gasteiger partial charge in [0.1, 0.15) is 13.2 Å². The summed E-state index contributed by atoms with van der Waals surface area (Å²) in [4.78, 5) is 37.7. The minimum Gasteiger partial charge on any atom is -0.462 e. The lowest BCUT2D eigenvalue weighted by Gasteiger charge is -2.18. The van der Waals surface area contributed by atoms with Crippen LogP contribution in [-0.2, 0) is 28.6 Å². The maximum Gasteiger partial charge on any atom is 0.306 e. The Morgan fingerprint density at radius 1 is 0.351 bits per heavy atom. The first-order chi connectivity index (χ1) is 28.0. The summed E-state index contributed by atoms with van der Waals surface area (Å²) in [6.07, 6.45) is 55.1. The number of carbonyl (C=O) groups excluding carboxylic acids is 3. The van der Waals surface area contributed by atoms with E-state index in [9.17, 15) is 14.4 Å². The van der Waals surface area contributed by atoms with E-state index in [0.717, 1.165) is 57.8 Å². The molecule has 0 saturated carbocycles. The fourth-order valence-corrected chi connectivity index (χ4v) is 6.35. The predicted octanol–water partition coefficient (Wildman–Crippen LogP) is 15.3. The fourth-order valence-electron chi connectivity index (χ4n) is 6.35. The second-order valence-electron chi connectivity index (χ2n) is 15.7. The van der Waals surface area contributed by atoms with Crippen LogP contribution in [0.25, 0.3) is 0 Å². The van der Waals surface area contributed by atoms with Gasteiger partial charge in [-0.1, -0.05) is 178 Å². The standard InChI is InChI=1S/C51H88O6/c1-4-7-10-13-16-19-21-23-24-25-26-28-29-32-35-38-41-44-50(53)56-47-48(46-55-49(52)43-40-37-34-31-18-15-12-9-6-3)57-51(54)45-42-39-36-33-30-27-22-20-17-14-11-8-5-2/h16,19,23-24,27,30-31,34,36,39,48H,4-15,17-18,20-22,25-26,28-29,32-33,35,37-38,40-47H2,1-3H3/b19-16-,24-23-,30-27-,34-31-,39-36-. The quantitative estimate of drug-likeness (QED) is 0.0265. The zero-order chi connectivity index (χ0) is 41.5. The molecular formula is C51H88O6. The maximum absolute atomic E-state index is 12.7. The molecule has 0 spiro atoms. The highest BCUT2D eigenvalue weighted by Gasteiger charge is 2.19. The molecule has 0 aliphatic carbocycles. The Morgan fingerprint density at radius 2 is 0.684 bits per heavy atom. The molecule has 0 radical (unpaired) electrons. The highest BCUT2D eigenvalue weighted by Crippen LogP contribution is 2.12. The first kappa shape index (κ1) is 54.1. The Bertz CT molecular complexity index is 1050. The monoisotopic (exact) mass is 797 g/mol. The van der Waals surface area contributed by atoms with Crippen molar-refractivity contribution in [1.82, 2.24) is 0 Å². The van der Waals surface area contributed by atoms with Crippen molar-refractivity contribution in [3.8, 4) is 0 Å². The molecule has 0 amide bonds. The zero-order valence-corrected chi connectivity index (χ0v) is 37.3. The molecule has 0 aliphatic heterocycles. The van der Waals surface area contributed by atoms with Gasteiger partial charge in [0.15, 0.2) is 6.10 Å². The van der Waals surface area contributed by atoms with E-state index < -0.39 is 6.10 Å². The van der Waals surface area contributed by atoms with Crippen LogP contribution in [0.2, 0.25) is 0 Å². The largest absolute Gasteiger partial charge is 0.462 e. The highest BCUT2D eigenvalue weighted by atomic mass is 16.6. The third-order valence-electron chi connectivity index (χ3n) is 9.98. The zero-order valence-electron chi connectivity index (χ0n) is 37.3. The number of rotatable bonds is 42. The first-order valence-corrected chi connectivity index (χ1v) is 23.8. The molecule has 6 heteroatoms. The van der Waals surface area contributed by atoms with Gasteiger partial charge < -0.3 is 14.2 Å². The van der Waals surface area contributed by atoms with Gasteiger partial charge in [0.05, 0.1) is 0 Å². The Kier molecular flexibility index (Phi) is 43.5. The van der Waals surface area contributed by atoms with Crippen LogP contribution in [0.15, 0.2) is 60.8 Å². The minimum atomic E-state index is -0.816. The average molecular weight is 797 g/mol. The third-order valence-corrected chi connectivity index (χ3v) is 9.98. The smallest absolute Gasteiger partial charge is 0.306 e. The molecule has 0 fully saturated rings. The SMILES string of the molecule is CCCCC/C=C\C/C=C\CCCCCCCCCC(=O)OCC(COC(=O)CCC/C=C\CCCCCC)OC(=O)CC/C=C\C/C=C\CCCCCCCC. The van der Waals surface area contributed by atoms with Gasteiger partial charge in [0.2, 0.25) is 0 Å². The van der Waals surface area contributed by atoms with E-state index in [2.05, 4.69) is 75.5 Å². The van der Waals surface area contributed by atoms with Crippen molar-refractivity contribution in [2.24, 2.45) is 0 Å². The van der Waals surface area contributed by atoms with E-state index in [1.54, 1.807) is 0 Å². The van der Waals surface area contributed by atoms with Gasteiger partial charge in [-0.3, -0.25) is 14.4 Å². The molecule has 328 valence electrons. The van der Waals surface area contributed by atoms with Crippen molar-refractivity contribution in [1.29, 1.82) is 0 Å². The average Bonchev–Trinajstić information content (AvgIpc) is 3.21. The molecule has 0 bridgehead atoms. The van der Waals surface area contributed by atoms with Crippen LogP contribution in [0.4, 0.5) is 0 Å². The van der Waals surface area contributed by atoms with Crippen LogP contribution >= 0.6 is 0 Å². The van der Waals surface area contributed by atoms with Gasteiger partial charge in [-0.05, 0) is 89.9 Å². The van der Waals surface area contributed by atoms with Crippen molar-refractivity contribution in [3.63, 3.8) is 0 Å². The van der Waals surface area contributed by atoms with Gasteiger partial charge >= 0.3 is 17.9 Å². The van der Waals surface area contributed by atoms with Crippen molar-refractivity contribution in [2.45, 2.75) is 232 Å². The summed E-state index contributed by atoms with van der Waals surface area (Å²) >= 11 is 0. The fraction of sp³-hybridized carbons (Fsp3) is 0.745. The molecule has 1 atom stereocenters. The van der Waals surface area contributed by atoms with Crippen LogP contribution in [-0.4, -0.2) is 37.2 Å². The molecule has 6 nitrogen and oxygen atoms in total.